The lowest BCUT2D eigenvalue weighted by molar-refractivity contribution is 0.0968. The van der Waals surface area contributed by atoms with E-state index in [9.17, 15) is 4.79 Å². The Kier molecular flexibility index (Phi) is 3.95. The lowest BCUT2D eigenvalue weighted by Gasteiger charge is -2.09. The molecular formula is C20H20O3. The van der Waals surface area contributed by atoms with Crippen molar-refractivity contribution in [2.24, 2.45) is 0 Å². The molecule has 0 aliphatic carbocycles. The fourth-order valence-electron chi connectivity index (χ4n) is 3.07. The van der Waals surface area contributed by atoms with Gasteiger partial charge in [0, 0.05) is 11.8 Å². The third-order valence-electron chi connectivity index (χ3n) is 4.18. The summed E-state index contributed by atoms with van der Waals surface area (Å²) < 4.78 is 11.0. The molecule has 0 amide bonds. The van der Waals surface area contributed by atoms with Gasteiger partial charge in [0.2, 0.25) is 5.78 Å². The van der Waals surface area contributed by atoms with Crippen molar-refractivity contribution in [3.05, 3.63) is 64.4 Å². The van der Waals surface area contributed by atoms with E-state index in [0.717, 1.165) is 22.1 Å². The van der Waals surface area contributed by atoms with Crippen LogP contribution in [0.2, 0.25) is 0 Å². The number of rotatable bonds is 4. The highest BCUT2D eigenvalue weighted by Gasteiger charge is 2.17. The van der Waals surface area contributed by atoms with Crippen LogP contribution in [-0.4, -0.2) is 12.9 Å². The fraction of sp³-hybridized carbons (Fsp3) is 0.250. The van der Waals surface area contributed by atoms with E-state index in [0.29, 0.717) is 23.5 Å². The number of furan rings is 1. The van der Waals surface area contributed by atoms with Gasteiger partial charge in [0.25, 0.3) is 0 Å². The third kappa shape index (κ3) is 2.87. The van der Waals surface area contributed by atoms with E-state index in [4.69, 9.17) is 9.15 Å². The van der Waals surface area contributed by atoms with Gasteiger partial charge in [-0.2, -0.15) is 0 Å². The Hall–Kier alpha value is -2.55. The summed E-state index contributed by atoms with van der Waals surface area (Å²) in [4.78, 5) is 12.6. The minimum Gasteiger partial charge on any atom is -0.493 e. The molecule has 0 saturated carbocycles. The van der Waals surface area contributed by atoms with Crippen molar-refractivity contribution in [1.29, 1.82) is 0 Å². The Morgan fingerprint density at radius 2 is 1.78 bits per heavy atom. The van der Waals surface area contributed by atoms with Gasteiger partial charge in [0.05, 0.1) is 7.11 Å². The van der Waals surface area contributed by atoms with Crippen molar-refractivity contribution in [2.45, 2.75) is 27.2 Å². The van der Waals surface area contributed by atoms with Crippen molar-refractivity contribution in [3.63, 3.8) is 0 Å². The van der Waals surface area contributed by atoms with Crippen molar-refractivity contribution in [2.75, 3.05) is 7.11 Å². The lowest BCUT2D eigenvalue weighted by Crippen LogP contribution is -2.06. The van der Waals surface area contributed by atoms with E-state index in [2.05, 4.69) is 19.1 Å². The van der Waals surface area contributed by atoms with Crippen molar-refractivity contribution < 1.29 is 13.9 Å². The third-order valence-corrected chi connectivity index (χ3v) is 4.18. The van der Waals surface area contributed by atoms with Gasteiger partial charge in [-0.1, -0.05) is 29.8 Å². The standard InChI is InChI=1S/C20H20O3/c1-12-8-13(2)16(14(3)9-12)11-17(21)19-10-15-6-5-7-18(22-4)20(15)23-19/h5-10H,11H2,1-4H3. The van der Waals surface area contributed by atoms with Gasteiger partial charge in [0.1, 0.15) is 0 Å². The highest BCUT2D eigenvalue weighted by atomic mass is 16.5. The molecule has 2 aromatic carbocycles. The van der Waals surface area contributed by atoms with Crippen LogP contribution in [0.25, 0.3) is 11.0 Å². The van der Waals surface area contributed by atoms with Crippen molar-refractivity contribution in [1.82, 2.24) is 0 Å². The molecule has 23 heavy (non-hydrogen) atoms. The van der Waals surface area contributed by atoms with E-state index in [1.807, 2.05) is 32.0 Å². The number of para-hydroxylation sites is 1. The maximum absolute atomic E-state index is 12.6. The molecule has 0 radical (unpaired) electrons. The predicted octanol–water partition coefficient (Wildman–Crippen LogP) is 4.79. The SMILES string of the molecule is COc1cccc2cc(C(=O)Cc3c(C)cc(C)cc3C)oc12. The van der Waals surface area contributed by atoms with E-state index >= 15 is 0 Å². The van der Waals surface area contributed by atoms with Crippen LogP contribution in [0.4, 0.5) is 0 Å². The number of benzene rings is 2. The van der Waals surface area contributed by atoms with Crippen LogP contribution >= 0.6 is 0 Å². The zero-order valence-electron chi connectivity index (χ0n) is 13.9. The predicted molar refractivity (Wildman–Crippen MR) is 91.5 cm³/mol. The molecule has 0 bridgehead atoms. The summed E-state index contributed by atoms with van der Waals surface area (Å²) in [5.41, 5.74) is 5.20. The van der Waals surface area contributed by atoms with Crippen LogP contribution in [-0.2, 0) is 6.42 Å². The Bertz CT molecular complexity index is 864. The number of ketones is 1. The second-order valence-corrected chi connectivity index (χ2v) is 5.97. The molecule has 0 unspecified atom stereocenters. The van der Waals surface area contributed by atoms with Gasteiger partial charge in [-0.05, 0) is 49.6 Å². The molecule has 0 spiro atoms. The monoisotopic (exact) mass is 308 g/mol. The summed E-state index contributed by atoms with van der Waals surface area (Å²) in [5, 5.41) is 0.880. The largest absolute Gasteiger partial charge is 0.493 e. The number of hydrogen-bond donors (Lipinski definition) is 0. The number of methoxy groups -OCH3 is 1. The maximum Gasteiger partial charge on any atom is 0.202 e. The number of hydrogen-bond acceptors (Lipinski definition) is 3. The molecule has 0 atom stereocenters. The fourth-order valence-corrected chi connectivity index (χ4v) is 3.07. The molecule has 1 heterocycles. The van der Waals surface area contributed by atoms with Gasteiger partial charge in [-0.3, -0.25) is 4.79 Å². The van der Waals surface area contributed by atoms with Crippen LogP contribution in [0, 0.1) is 20.8 Å². The van der Waals surface area contributed by atoms with Gasteiger partial charge < -0.3 is 9.15 Å². The maximum atomic E-state index is 12.6. The highest BCUT2D eigenvalue weighted by Crippen LogP contribution is 2.29. The van der Waals surface area contributed by atoms with Crippen LogP contribution in [0.3, 0.4) is 0 Å². The van der Waals surface area contributed by atoms with Crippen LogP contribution in [0.1, 0.15) is 32.8 Å². The molecule has 3 nitrogen and oxygen atoms in total. The molecule has 3 rings (SSSR count). The number of ether oxygens (including phenoxy) is 1. The van der Waals surface area contributed by atoms with Crippen LogP contribution in [0.5, 0.6) is 5.75 Å². The minimum absolute atomic E-state index is 0.0155. The molecule has 1 aromatic heterocycles. The molecule has 3 heteroatoms. The molecule has 0 aliphatic rings. The molecular weight excluding hydrogens is 288 g/mol. The van der Waals surface area contributed by atoms with E-state index in [1.165, 1.54) is 5.56 Å². The number of fused-ring (bicyclic) bond motifs is 1. The van der Waals surface area contributed by atoms with E-state index in [-0.39, 0.29) is 5.78 Å². The number of Topliss-reactive ketones (excluding diaryl/α,β-unsaturated/α-hetero) is 1. The second-order valence-electron chi connectivity index (χ2n) is 5.97. The summed E-state index contributed by atoms with van der Waals surface area (Å²) in [7, 11) is 1.60. The summed E-state index contributed by atoms with van der Waals surface area (Å²) in [6.45, 7) is 6.16. The van der Waals surface area contributed by atoms with Gasteiger partial charge >= 0.3 is 0 Å². The van der Waals surface area contributed by atoms with Crippen molar-refractivity contribution in [3.8, 4) is 5.75 Å². The second kappa shape index (κ2) is 5.92. The number of aryl methyl sites for hydroxylation is 3. The summed E-state index contributed by atoms with van der Waals surface area (Å²) in [5.74, 6) is 1.01. The van der Waals surface area contributed by atoms with Crippen LogP contribution < -0.4 is 4.74 Å². The molecule has 0 aliphatic heterocycles. The average Bonchev–Trinajstić information content (AvgIpc) is 2.94. The van der Waals surface area contributed by atoms with Gasteiger partial charge in [-0.15, -0.1) is 0 Å². The van der Waals surface area contributed by atoms with Gasteiger partial charge in [0.15, 0.2) is 17.1 Å². The Balaban J connectivity index is 1.95. The zero-order chi connectivity index (χ0) is 16.6. The first-order chi connectivity index (χ1) is 11.0. The average molecular weight is 308 g/mol. The molecule has 0 fully saturated rings. The molecule has 0 saturated heterocycles. The lowest BCUT2D eigenvalue weighted by atomic mass is 9.95. The Morgan fingerprint density at radius 3 is 2.43 bits per heavy atom. The minimum atomic E-state index is -0.0155. The van der Waals surface area contributed by atoms with E-state index < -0.39 is 0 Å². The molecule has 0 N–H and O–H groups in total. The van der Waals surface area contributed by atoms with E-state index in [1.54, 1.807) is 13.2 Å². The first-order valence-electron chi connectivity index (χ1n) is 7.66. The smallest absolute Gasteiger partial charge is 0.202 e. The molecule has 118 valence electrons. The topological polar surface area (TPSA) is 39.4 Å². The molecule has 3 aromatic rings. The number of carbonyl (C=O) groups excluding carboxylic acids is 1. The number of carbonyl (C=O) groups is 1. The van der Waals surface area contributed by atoms with Gasteiger partial charge in [-0.25, -0.2) is 0 Å². The first-order valence-corrected chi connectivity index (χ1v) is 7.66. The normalized spacial score (nSPS) is 11.0. The summed E-state index contributed by atoms with van der Waals surface area (Å²) >= 11 is 0. The Morgan fingerprint density at radius 1 is 1.09 bits per heavy atom. The summed E-state index contributed by atoms with van der Waals surface area (Å²) in [6, 6.07) is 11.6. The summed E-state index contributed by atoms with van der Waals surface area (Å²) in [6.07, 6.45) is 0.347. The quantitative estimate of drug-likeness (QED) is 0.650. The Labute approximate surface area is 135 Å². The first kappa shape index (κ1) is 15.3. The zero-order valence-corrected chi connectivity index (χ0v) is 13.9. The van der Waals surface area contributed by atoms with Crippen molar-refractivity contribution >= 4 is 16.8 Å². The highest BCUT2D eigenvalue weighted by molar-refractivity contribution is 5.99. The van der Waals surface area contributed by atoms with Crippen LogP contribution in [0.15, 0.2) is 40.8 Å².